The van der Waals surface area contributed by atoms with Gasteiger partial charge in [0.05, 0.1) is 12.0 Å². The second-order valence-electron chi connectivity index (χ2n) is 7.40. The van der Waals surface area contributed by atoms with Crippen molar-refractivity contribution in [1.82, 2.24) is 0 Å². The van der Waals surface area contributed by atoms with Crippen LogP contribution in [-0.4, -0.2) is 47.4 Å². The number of aliphatic hydroxyl groups is 1. The smallest absolute Gasteiger partial charge is 0.334 e. The van der Waals surface area contributed by atoms with Crippen molar-refractivity contribution in [1.29, 1.82) is 0 Å². The molecule has 1 aliphatic heterocycles. The number of carbonyl (C=O) groups excluding carboxylic acids is 3. The van der Waals surface area contributed by atoms with Crippen LogP contribution < -0.4 is 0 Å². The minimum Gasteiger partial charge on any atom is -0.454 e. The maximum atomic E-state index is 12.6. The number of rotatable bonds is 3. The van der Waals surface area contributed by atoms with E-state index in [1.165, 1.54) is 6.92 Å². The lowest BCUT2D eigenvalue weighted by Gasteiger charge is -2.33. The van der Waals surface area contributed by atoms with Gasteiger partial charge in [-0.1, -0.05) is 18.7 Å². The van der Waals surface area contributed by atoms with Gasteiger partial charge in [-0.15, -0.1) is 0 Å². The third kappa shape index (κ3) is 5.03. The number of ether oxygens (including phenoxy) is 3. The molecule has 0 aromatic carbocycles. The summed E-state index contributed by atoms with van der Waals surface area (Å²) in [4.78, 5) is 36.6. The average molecular weight is 404 g/mol. The van der Waals surface area contributed by atoms with Gasteiger partial charge in [-0.2, -0.15) is 0 Å². The second kappa shape index (κ2) is 9.22. The Morgan fingerprint density at radius 3 is 2.48 bits per heavy atom. The first-order chi connectivity index (χ1) is 13.6. The predicted molar refractivity (Wildman–Crippen MR) is 106 cm³/mol. The fourth-order valence-electron chi connectivity index (χ4n) is 3.36. The van der Waals surface area contributed by atoms with Crippen LogP contribution in [0.15, 0.2) is 47.1 Å². The molecule has 2 rings (SSSR count). The highest BCUT2D eigenvalue weighted by Gasteiger charge is 2.49. The number of hydrogen-bond donors (Lipinski definition) is 1. The van der Waals surface area contributed by atoms with Crippen LogP contribution in [0.2, 0.25) is 0 Å². The molecule has 1 N–H and O–H groups in total. The highest BCUT2D eigenvalue weighted by Crippen LogP contribution is 2.37. The maximum absolute atomic E-state index is 12.6. The van der Waals surface area contributed by atoms with Crippen molar-refractivity contribution in [2.75, 3.05) is 0 Å². The van der Waals surface area contributed by atoms with E-state index < -0.39 is 48.2 Å². The fourth-order valence-corrected chi connectivity index (χ4v) is 3.36. The van der Waals surface area contributed by atoms with Crippen LogP contribution in [0.1, 0.15) is 41.0 Å². The summed E-state index contributed by atoms with van der Waals surface area (Å²) in [6, 6.07) is 0. The molecule has 5 unspecified atom stereocenters. The van der Waals surface area contributed by atoms with Crippen LogP contribution in [0, 0.1) is 5.92 Å². The maximum Gasteiger partial charge on any atom is 0.334 e. The average Bonchev–Trinajstić information content (AvgIpc) is 2.93. The lowest BCUT2D eigenvalue weighted by molar-refractivity contribution is -0.165. The molecule has 2 aliphatic rings. The molecule has 1 fully saturated rings. The monoisotopic (exact) mass is 404 g/mol. The molecule has 1 heterocycles. The first-order valence-electron chi connectivity index (χ1n) is 9.50. The van der Waals surface area contributed by atoms with Crippen LogP contribution >= 0.6 is 0 Å². The Morgan fingerprint density at radius 2 is 1.90 bits per heavy atom. The Bertz CT molecular complexity index is 802. The molecule has 158 valence electrons. The van der Waals surface area contributed by atoms with Gasteiger partial charge in [-0.05, 0) is 51.3 Å². The normalized spacial score (nSPS) is 30.6. The van der Waals surface area contributed by atoms with Gasteiger partial charge < -0.3 is 19.3 Å². The third-order valence-corrected chi connectivity index (χ3v) is 5.27. The van der Waals surface area contributed by atoms with Gasteiger partial charge in [0, 0.05) is 18.1 Å². The Labute approximate surface area is 170 Å². The number of aliphatic hydroxyl groups excluding tert-OH is 1. The Hall–Kier alpha value is -2.67. The molecule has 7 nitrogen and oxygen atoms in total. The van der Waals surface area contributed by atoms with E-state index in [9.17, 15) is 19.5 Å². The third-order valence-electron chi connectivity index (χ3n) is 5.27. The summed E-state index contributed by atoms with van der Waals surface area (Å²) in [5.74, 6) is -2.55. The van der Waals surface area contributed by atoms with Gasteiger partial charge in [-0.25, -0.2) is 9.59 Å². The molecule has 0 aromatic rings. The Balaban J connectivity index is 2.62. The minimum absolute atomic E-state index is 0.120. The lowest BCUT2D eigenvalue weighted by Crippen LogP contribution is -2.44. The summed E-state index contributed by atoms with van der Waals surface area (Å²) in [5, 5.41) is 10.4. The van der Waals surface area contributed by atoms with E-state index in [1.54, 1.807) is 45.9 Å². The van der Waals surface area contributed by atoms with Crippen LogP contribution in [0.4, 0.5) is 0 Å². The SMILES string of the molecule is C=C1C(=O)OC2C=C(C)C(O)CC=C(C)C(OC(C)=O)C(OC(=O)C(C)=CC)C12. The van der Waals surface area contributed by atoms with E-state index in [1.807, 2.05) is 0 Å². The molecule has 0 amide bonds. The molecule has 0 radical (unpaired) electrons. The van der Waals surface area contributed by atoms with Crippen LogP contribution in [0.5, 0.6) is 0 Å². The van der Waals surface area contributed by atoms with Gasteiger partial charge in [0.1, 0.15) is 6.10 Å². The number of hydrogen-bond acceptors (Lipinski definition) is 7. The van der Waals surface area contributed by atoms with Crippen LogP contribution in [0.3, 0.4) is 0 Å². The molecule has 0 aromatic heterocycles. The van der Waals surface area contributed by atoms with Crippen molar-refractivity contribution in [2.24, 2.45) is 5.92 Å². The topological polar surface area (TPSA) is 99.1 Å². The summed E-state index contributed by atoms with van der Waals surface area (Å²) in [7, 11) is 0. The summed E-state index contributed by atoms with van der Waals surface area (Å²) in [5.41, 5.74) is 1.71. The number of esters is 3. The zero-order chi connectivity index (χ0) is 21.9. The van der Waals surface area contributed by atoms with E-state index in [0.717, 1.165) is 0 Å². The van der Waals surface area contributed by atoms with Crippen molar-refractivity contribution in [3.05, 3.63) is 47.1 Å². The Kier molecular flexibility index (Phi) is 7.19. The first-order valence-corrected chi connectivity index (χ1v) is 9.50. The van der Waals surface area contributed by atoms with Gasteiger partial charge in [0.15, 0.2) is 12.2 Å². The number of carbonyl (C=O) groups is 3. The zero-order valence-electron chi connectivity index (χ0n) is 17.4. The standard InChI is InChI=1S/C22H28O7/c1-7-11(2)21(25)29-20-18-14(5)22(26)28-17(18)10-13(4)16(24)9-8-12(3)19(20)27-15(6)23/h7-8,10,16-20,24H,5,9H2,1-4,6H3. The van der Waals surface area contributed by atoms with Crippen LogP contribution in [-0.2, 0) is 28.6 Å². The molecule has 0 saturated carbocycles. The lowest BCUT2D eigenvalue weighted by atomic mass is 9.83. The van der Waals surface area contributed by atoms with Crippen molar-refractivity contribution < 1.29 is 33.7 Å². The summed E-state index contributed by atoms with van der Waals surface area (Å²) in [6.07, 6.45) is 1.66. The largest absolute Gasteiger partial charge is 0.454 e. The molecule has 29 heavy (non-hydrogen) atoms. The van der Waals surface area contributed by atoms with Gasteiger partial charge >= 0.3 is 17.9 Å². The van der Waals surface area contributed by atoms with Crippen LogP contribution in [0.25, 0.3) is 0 Å². The summed E-state index contributed by atoms with van der Waals surface area (Å²) < 4.78 is 16.7. The van der Waals surface area contributed by atoms with Crippen molar-refractivity contribution in [3.63, 3.8) is 0 Å². The van der Waals surface area contributed by atoms with E-state index in [2.05, 4.69) is 6.58 Å². The van der Waals surface area contributed by atoms with E-state index in [-0.39, 0.29) is 12.0 Å². The highest BCUT2D eigenvalue weighted by atomic mass is 16.6. The van der Waals surface area contributed by atoms with E-state index in [4.69, 9.17) is 14.2 Å². The van der Waals surface area contributed by atoms with Crippen molar-refractivity contribution in [3.8, 4) is 0 Å². The summed E-state index contributed by atoms with van der Waals surface area (Å²) in [6.45, 7) is 11.8. The molecule has 5 atom stereocenters. The Morgan fingerprint density at radius 1 is 1.24 bits per heavy atom. The number of allylic oxidation sites excluding steroid dienone is 1. The van der Waals surface area contributed by atoms with Crippen molar-refractivity contribution >= 4 is 17.9 Å². The molecule has 1 saturated heterocycles. The summed E-state index contributed by atoms with van der Waals surface area (Å²) >= 11 is 0. The first kappa shape index (κ1) is 22.6. The van der Waals surface area contributed by atoms with Crippen molar-refractivity contribution in [2.45, 2.75) is 65.5 Å². The van der Waals surface area contributed by atoms with E-state index >= 15 is 0 Å². The molecule has 1 aliphatic carbocycles. The molecular formula is C22H28O7. The van der Waals surface area contributed by atoms with Gasteiger partial charge in [0.2, 0.25) is 0 Å². The van der Waals surface area contributed by atoms with E-state index in [0.29, 0.717) is 16.7 Å². The quantitative estimate of drug-likeness (QED) is 0.334. The second-order valence-corrected chi connectivity index (χ2v) is 7.40. The van der Waals surface area contributed by atoms with Gasteiger partial charge in [-0.3, -0.25) is 4.79 Å². The highest BCUT2D eigenvalue weighted by molar-refractivity contribution is 5.92. The minimum atomic E-state index is -1.03. The molecular weight excluding hydrogens is 376 g/mol. The molecule has 7 heteroatoms. The van der Waals surface area contributed by atoms with Gasteiger partial charge in [0.25, 0.3) is 0 Å². The fraction of sp³-hybridized carbons (Fsp3) is 0.500. The molecule has 0 bridgehead atoms. The molecule has 0 spiro atoms. The zero-order valence-corrected chi connectivity index (χ0v) is 17.4. The predicted octanol–water partition coefficient (Wildman–Crippen LogP) is 2.55. The number of fused-ring (bicyclic) bond motifs is 1.